The van der Waals surface area contributed by atoms with Crippen molar-refractivity contribution in [2.45, 2.75) is 19.4 Å². The fourth-order valence-electron chi connectivity index (χ4n) is 2.61. The molecule has 0 saturated carbocycles. The van der Waals surface area contributed by atoms with Crippen LogP contribution in [0.15, 0.2) is 48.7 Å². The van der Waals surface area contributed by atoms with Crippen molar-refractivity contribution in [3.8, 4) is 0 Å². The van der Waals surface area contributed by atoms with Gasteiger partial charge in [-0.3, -0.25) is 4.98 Å². The molecule has 0 aliphatic carbocycles. The largest absolute Gasteiger partial charge is 0.330 e. The number of rotatable bonds is 5. The van der Waals surface area contributed by atoms with Crippen LogP contribution in [0.2, 0.25) is 0 Å². The van der Waals surface area contributed by atoms with Crippen molar-refractivity contribution < 1.29 is 0 Å². The smallest absolute Gasteiger partial charge is 0.126 e. The number of fused-ring (bicyclic) bond motifs is 1. The third-order valence-electron chi connectivity index (χ3n) is 3.77. The Hall–Kier alpha value is -2.20. The summed E-state index contributed by atoms with van der Waals surface area (Å²) in [6.45, 7) is 3.04. The zero-order valence-corrected chi connectivity index (χ0v) is 12.5. The number of para-hydroxylation sites is 2. The van der Waals surface area contributed by atoms with Crippen molar-refractivity contribution in [3.63, 3.8) is 0 Å². The summed E-state index contributed by atoms with van der Waals surface area (Å²) in [4.78, 5) is 9.06. The first kappa shape index (κ1) is 13.8. The maximum atomic E-state index is 4.72. The Morgan fingerprint density at radius 2 is 1.95 bits per heavy atom. The lowest BCUT2D eigenvalue weighted by Gasteiger charge is -2.13. The van der Waals surface area contributed by atoms with E-state index >= 15 is 0 Å². The fourth-order valence-corrected chi connectivity index (χ4v) is 2.61. The highest BCUT2D eigenvalue weighted by Gasteiger charge is 2.13. The van der Waals surface area contributed by atoms with Crippen LogP contribution in [-0.2, 0) is 13.5 Å². The molecular weight excluding hydrogens is 260 g/mol. The van der Waals surface area contributed by atoms with Gasteiger partial charge in [-0.1, -0.05) is 18.2 Å². The average Bonchev–Trinajstić information content (AvgIpc) is 2.86. The molecule has 21 heavy (non-hydrogen) atoms. The van der Waals surface area contributed by atoms with Crippen LogP contribution < -0.4 is 5.32 Å². The van der Waals surface area contributed by atoms with Crippen LogP contribution in [-0.4, -0.2) is 21.1 Å². The minimum atomic E-state index is 0.214. The molecule has 0 amide bonds. The molecule has 2 heterocycles. The Morgan fingerprint density at radius 3 is 2.71 bits per heavy atom. The van der Waals surface area contributed by atoms with E-state index in [2.05, 4.69) is 47.0 Å². The lowest BCUT2D eigenvalue weighted by atomic mass is 10.2. The van der Waals surface area contributed by atoms with Gasteiger partial charge >= 0.3 is 0 Å². The molecule has 3 aromatic rings. The van der Waals surface area contributed by atoms with Gasteiger partial charge in [0.15, 0.2) is 0 Å². The van der Waals surface area contributed by atoms with Crippen molar-refractivity contribution in [1.82, 2.24) is 19.9 Å². The summed E-state index contributed by atoms with van der Waals surface area (Å²) in [6, 6.07) is 14.5. The topological polar surface area (TPSA) is 42.7 Å². The van der Waals surface area contributed by atoms with E-state index in [9.17, 15) is 0 Å². The zero-order valence-electron chi connectivity index (χ0n) is 12.5. The van der Waals surface area contributed by atoms with Gasteiger partial charge in [0.2, 0.25) is 0 Å². The molecule has 0 unspecified atom stereocenters. The van der Waals surface area contributed by atoms with Gasteiger partial charge in [0.05, 0.1) is 17.1 Å². The number of benzene rings is 1. The zero-order chi connectivity index (χ0) is 14.7. The van der Waals surface area contributed by atoms with E-state index in [1.165, 1.54) is 5.52 Å². The molecule has 1 N–H and O–H groups in total. The maximum absolute atomic E-state index is 4.72. The number of hydrogen-bond acceptors (Lipinski definition) is 3. The molecule has 4 heteroatoms. The number of nitrogens with zero attached hydrogens (tertiary/aromatic N) is 3. The summed E-state index contributed by atoms with van der Waals surface area (Å²) in [5.41, 5.74) is 3.33. The lowest BCUT2D eigenvalue weighted by Crippen LogP contribution is -2.24. The summed E-state index contributed by atoms with van der Waals surface area (Å²) in [6.07, 6.45) is 2.76. The number of nitrogens with one attached hydrogen (secondary N) is 1. The summed E-state index contributed by atoms with van der Waals surface area (Å²) in [5.74, 6) is 1.07. The average molecular weight is 280 g/mol. The first-order valence-corrected chi connectivity index (χ1v) is 7.30. The molecular formula is C17H20N4. The minimum Gasteiger partial charge on any atom is -0.330 e. The summed E-state index contributed by atoms with van der Waals surface area (Å²) < 4.78 is 2.16. The minimum absolute atomic E-state index is 0.214. The molecule has 0 spiro atoms. The van der Waals surface area contributed by atoms with Crippen LogP contribution in [0.25, 0.3) is 11.0 Å². The van der Waals surface area contributed by atoms with Gasteiger partial charge in [-0.15, -0.1) is 0 Å². The van der Waals surface area contributed by atoms with Gasteiger partial charge < -0.3 is 9.88 Å². The molecule has 0 aliphatic rings. The van der Waals surface area contributed by atoms with Crippen LogP contribution in [0.1, 0.15) is 24.5 Å². The number of hydrogen-bond donors (Lipinski definition) is 1. The second-order valence-corrected chi connectivity index (χ2v) is 5.26. The summed E-state index contributed by atoms with van der Waals surface area (Å²) >= 11 is 0. The number of imidazole rings is 1. The third-order valence-corrected chi connectivity index (χ3v) is 3.77. The van der Waals surface area contributed by atoms with E-state index < -0.39 is 0 Å². The van der Waals surface area contributed by atoms with Crippen LogP contribution in [0.5, 0.6) is 0 Å². The molecule has 2 aromatic heterocycles. The number of aryl methyl sites for hydroxylation is 1. The monoisotopic (exact) mass is 280 g/mol. The van der Waals surface area contributed by atoms with E-state index in [1.54, 1.807) is 0 Å². The van der Waals surface area contributed by atoms with Crippen LogP contribution in [0, 0.1) is 0 Å². The van der Waals surface area contributed by atoms with Crippen molar-refractivity contribution in [2.24, 2.45) is 7.05 Å². The van der Waals surface area contributed by atoms with Crippen molar-refractivity contribution in [2.75, 3.05) is 6.54 Å². The summed E-state index contributed by atoms with van der Waals surface area (Å²) in [5, 5.41) is 3.53. The van der Waals surface area contributed by atoms with Gasteiger partial charge in [0.25, 0.3) is 0 Å². The van der Waals surface area contributed by atoms with Gasteiger partial charge in [0.1, 0.15) is 5.82 Å². The van der Waals surface area contributed by atoms with Crippen LogP contribution >= 0.6 is 0 Å². The fraction of sp³-hybridized carbons (Fsp3) is 0.294. The second kappa shape index (κ2) is 6.06. The molecule has 1 atom stereocenters. The van der Waals surface area contributed by atoms with Gasteiger partial charge in [-0.05, 0) is 31.2 Å². The third kappa shape index (κ3) is 2.95. The van der Waals surface area contributed by atoms with E-state index in [0.29, 0.717) is 0 Å². The highest BCUT2D eigenvalue weighted by Crippen LogP contribution is 2.18. The van der Waals surface area contributed by atoms with Crippen LogP contribution in [0.4, 0.5) is 0 Å². The predicted octanol–water partition coefficient (Wildman–Crippen LogP) is 2.86. The molecule has 0 aliphatic heterocycles. The standard InChI is InChI=1S/C17H20N4/c1-13(18-12-10-14-7-5-6-11-19-14)17-20-15-8-3-4-9-16(15)21(17)2/h3-9,11,13,18H,10,12H2,1-2H3/t13-/m1/s1. The molecule has 108 valence electrons. The van der Waals surface area contributed by atoms with E-state index in [-0.39, 0.29) is 6.04 Å². The lowest BCUT2D eigenvalue weighted by molar-refractivity contribution is 0.534. The van der Waals surface area contributed by atoms with Gasteiger partial charge in [-0.25, -0.2) is 4.98 Å². The first-order chi connectivity index (χ1) is 10.3. The molecule has 4 nitrogen and oxygen atoms in total. The first-order valence-electron chi connectivity index (χ1n) is 7.30. The normalized spacial score (nSPS) is 12.7. The van der Waals surface area contributed by atoms with E-state index in [4.69, 9.17) is 4.98 Å². The molecule has 0 fully saturated rings. The SMILES string of the molecule is C[C@@H](NCCc1ccccn1)c1nc2ccccc2n1C. The van der Waals surface area contributed by atoms with Crippen LogP contribution in [0.3, 0.4) is 0 Å². The number of pyridine rings is 1. The molecule has 3 rings (SSSR count). The van der Waals surface area contributed by atoms with Crippen molar-refractivity contribution in [1.29, 1.82) is 0 Å². The number of aromatic nitrogens is 3. The Kier molecular flexibility index (Phi) is 3.97. The Bertz CT molecular complexity index is 718. The summed E-state index contributed by atoms with van der Waals surface area (Å²) in [7, 11) is 2.07. The van der Waals surface area contributed by atoms with E-state index in [0.717, 1.165) is 30.0 Å². The molecule has 0 radical (unpaired) electrons. The highest BCUT2D eigenvalue weighted by molar-refractivity contribution is 5.75. The molecule has 1 aromatic carbocycles. The van der Waals surface area contributed by atoms with Gasteiger partial charge in [0, 0.05) is 31.9 Å². The second-order valence-electron chi connectivity index (χ2n) is 5.26. The van der Waals surface area contributed by atoms with E-state index in [1.807, 2.05) is 30.5 Å². The predicted molar refractivity (Wildman–Crippen MR) is 85.1 cm³/mol. The van der Waals surface area contributed by atoms with Crippen molar-refractivity contribution in [3.05, 3.63) is 60.2 Å². The Balaban J connectivity index is 1.67. The Morgan fingerprint density at radius 1 is 1.14 bits per heavy atom. The maximum Gasteiger partial charge on any atom is 0.126 e. The van der Waals surface area contributed by atoms with Crippen molar-refractivity contribution >= 4 is 11.0 Å². The van der Waals surface area contributed by atoms with Gasteiger partial charge in [-0.2, -0.15) is 0 Å². The quantitative estimate of drug-likeness (QED) is 0.781. The highest BCUT2D eigenvalue weighted by atomic mass is 15.1. The molecule has 0 saturated heterocycles. The molecule has 0 bridgehead atoms. The Labute approximate surface area is 124 Å².